The molecule has 3 aliphatic rings. The smallest absolute Gasteiger partial charge is 0.187 e. The molecule has 98 valence electrons. The highest BCUT2D eigenvalue weighted by molar-refractivity contribution is 4.90. The van der Waals surface area contributed by atoms with Gasteiger partial charge in [0.05, 0.1) is 12.7 Å². The van der Waals surface area contributed by atoms with Crippen LogP contribution in [-0.4, -0.2) is 42.8 Å². The number of hydrogen-bond acceptors (Lipinski definition) is 5. The van der Waals surface area contributed by atoms with Crippen molar-refractivity contribution in [1.82, 2.24) is 0 Å². The quantitative estimate of drug-likeness (QED) is 0.697. The van der Waals surface area contributed by atoms with Crippen LogP contribution in [0.5, 0.6) is 0 Å². The molecule has 0 aromatic rings. The zero-order chi connectivity index (χ0) is 12.3. The lowest BCUT2D eigenvalue weighted by atomic mass is 10.1. The largest absolute Gasteiger partial charge is 0.348 e. The fourth-order valence-corrected chi connectivity index (χ4v) is 2.67. The second-order valence-corrected chi connectivity index (χ2v) is 5.82. The molecular weight excluding hydrogens is 224 g/mol. The second-order valence-electron chi connectivity index (χ2n) is 5.82. The van der Waals surface area contributed by atoms with Crippen LogP contribution in [0.4, 0.5) is 0 Å². The van der Waals surface area contributed by atoms with Crippen molar-refractivity contribution in [2.24, 2.45) is 0 Å². The third-order valence-corrected chi connectivity index (χ3v) is 3.36. The maximum Gasteiger partial charge on any atom is 0.187 e. The van der Waals surface area contributed by atoms with E-state index < -0.39 is 11.6 Å². The maximum absolute atomic E-state index is 5.85. The molecule has 0 bridgehead atoms. The summed E-state index contributed by atoms with van der Waals surface area (Å²) in [5, 5.41) is 0. The van der Waals surface area contributed by atoms with Crippen LogP contribution in [0.25, 0.3) is 0 Å². The Hall–Kier alpha value is -0.200. The Labute approximate surface area is 101 Å². The van der Waals surface area contributed by atoms with E-state index in [-0.39, 0.29) is 24.6 Å². The molecule has 0 aromatic carbocycles. The summed E-state index contributed by atoms with van der Waals surface area (Å²) in [6, 6.07) is 0. The van der Waals surface area contributed by atoms with Crippen LogP contribution in [0.2, 0.25) is 0 Å². The highest BCUT2D eigenvalue weighted by Crippen LogP contribution is 2.40. The minimum atomic E-state index is -0.535. The average Bonchev–Trinajstić information content (AvgIpc) is 2.75. The molecule has 0 spiro atoms. The Kier molecular flexibility index (Phi) is 2.55. The molecule has 0 N–H and O–H groups in total. The van der Waals surface area contributed by atoms with Gasteiger partial charge in [0.2, 0.25) is 0 Å². The van der Waals surface area contributed by atoms with Gasteiger partial charge in [0.15, 0.2) is 17.9 Å². The topological polar surface area (TPSA) is 46.2 Å². The summed E-state index contributed by atoms with van der Waals surface area (Å²) in [6.45, 7) is 8.21. The van der Waals surface area contributed by atoms with Gasteiger partial charge in [0, 0.05) is 6.42 Å². The summed E-state index contributed by atoms with van der Waals surface area (Å²) < 4.78 is 28.6. The molecule has 3 aliphatic heterocycles. The number of hydrogen-bond donors (Lipinski definition) is 0. The Morgan fingerprint density at radius 3 is 2.12 bits per heavy atom. The molecule has 0 radical (unpaired) electrons. The molecule has 0 amide bonds. The van der Waals surface area contributed by atoms with Crippen LogP contribution < -0.4 is 0 Å². The molecule has 3 rings (SSSR count). The van der Waals surface area contributed by atoms with Gasteiger partial charge in [-0.25, -0.2) is 0 Å². The van der Waals surface area contributed by atoms with Crippen molar-refractivity contribution in [1.29, 1.82) is 0 Å². The average molecular weight is 244 g/mol. The van der Waals surface area contributed by atoms with E-state index in [0.29, 0.717) is 6.61 Å². The first kappa shape index (κ1) is 11.9. The molecule has 0 saturated carbocycles. The summed E-state index contributed by atoms with van der Waals surface area (Å²) in [6.07, 6.45) is 0.538. The molecular formula is C12H20O5. The lowest BCUT2D eigenvalue weighted by molar-refractivity contribution is -0.220. The molecule has 5 nitrogen and oxygen atoms in total. The van der Waals surface area contributed by atoms with Gasteiger partial charge in [0.1, 0.15) is 12.2 Å². The zero-order valence-corrected chi connectivity index (χ0v) is 10.8. The summed E-state index contributed by atoms with van der Waals surface area (Å²) in [7, 11) is 0. The minimum Gasteiger partial charge on any atom is -0.348 e. The monoisotopic (exact) mass is 244 g/mol. The molecule has 3 fully saturated rings. The lowest BCUT2D eigenvalue weighted by Crippen LogP contribution is -2.33. The summed E-state index contributed by atoms with van der Waals surface area (Å²) in [5.74, 6) is -1.04. The molecule has 5 heteroatoms. The van der Waals surface area contributed by atoms with Gasteiger partial charge in [-0.15, -0.1) is 0 Å². The van der Waals surface area contributed by atoms with E-state index in [1.165, 1.54) is 0 Å². The summed E-state index contributed by atoms with van der Waals surface area (Å²) in [4.78, 5) is 0. The molecule has 3 saturated heterocycles. The second kappa shape index (κ2) is 3.65. The van der Waals surface area contributed by atoms with Gasteiger partial charge in [-0.1, -0.05) is 0 Å². The van der Waals surface area contributed by atoms with E-state index in [1.807, 2.05) is 27.7 Å². The first-order valence-electron chi connectivity index (χ1n) is 6.18. The first-order valence-corrected chi connectivity index (χ1v) is 6.18. The van der Waals surface area contributed by atoms with Gasteiger partial charge in [-0.05, 0) is 27.7 Å². The van der Waals surface area contributed by atoms with Gasteiger partial charge in [0.25, 0.3) is 0 Å². The third kappa shape index (κ3) is 2.22. The van der Waals surface area contributed by atoms with Crippen molar-refractivity contribution in [3.63, 3.8) is 0 Å². The van der Waals surface area contributed by atoms with Crippen LogP contribution in [-0.2, 0) is 23.7 Å². The Bertz CT molecular complexity index is 298. The van der Waals surface area contributed by atoms with Crippen LogP contribution >= 0.6 is 0 Å². The third-order valence-electron chi connectivity index (χ3n) is 3.36. The number of rotatable bonds is 1. The fourth-order valence-electron chi connectivity index (χ4n) is 2.67. The van der Waals surface area contributed by atoms with Crippen molar-refractivity contribution in [3.05, 3.63) is 0 Å². The highest BCUT2D eigenvalue weighted by Gasteiger charge is 2.52. The van der Waals surface area contributed by atoms with Gasteiger partial charge in [-0.2, -0.15) is 0 Å². The number of ether oxygens (including phenoxy) is 5. The van der Waals surface area contributed by atoms with Crippen molar-refractivity contribution >= 4 is 0 Å². The van der Waals surface area contributed by atoms with E-state index in [1.54, 1.807) is 0 Å². The lowest BCUT2D eigenvalue weighted by Gasteiger charge is -2.23. The van der Waals surface area contributed by atoms with Crippen LogP contribution in [0.3, 0.4) is 0 Å². The molecule has 3 heterocycles. The molecule has 0 aliphatic carbocycles. The molecule has 0 unspecified atom stereocenters. The van der Waals surface area contributed by atoms with Crippen molar-refractivity contribution in [2.45, 2.75) is 70.3 Å². The normalized spacial score (nSPS) is 47.3. The Balaban J connectivity index is 1.60. The van der Waals surface area contributed by atoms with Crippen molar-refractivity contribution in [3.8, 4) is 0 Å². The van der Waals surface area contributed by atoms with E-state index in [4.69, 9.17) is 23.7 Å². The van der Waals surface area contributed by atoms with E-state index in [2.05, 4.69) is 0 Å². The Morgan fingerprint density at radius 2 is 1.53 bits per heavy atom. The highest BCUT2D eigenvalue weighted by atomic mass is 16.8. The zero-order valence-electron chi connectivity index (χ0n) is 10.8. The standard InChI is InChI=1S/C12H20O5/c1-11(2)13-6-9(16-11)7-5-8-10(14-7)17-12(3,4)15-8/h7-10H,5-6H2,1-4H3/t7-,8-,9-,10-/m0/s1. The van der Waals surface area contributed by atoms with Crippen molar-refractivity contribution < 1.29 is 23.7 Å². The molecule has 17 heavy (non-hydrogen) atoms. The SMILES string of the molecule is CC1(C)O[C@@H]2O[C@H]([C@@H]3COC(C)(C)O3)C[C@@H]2O1. The van der Waals surface area contributed by atoms with Gasteiger partial charge < -0.3 is 23.7 Å². The van der Waals surface area contributed by atoms with E-state index >= 15 is 0 Å². The van der Waals surface area contributed by atoms with Gasteiger partial charge >= 0.3 is 0 Å². The maximum atomic E-state index is 5.85. The van der Waals surface area contributed by atoms with Crippen LogP contribution in [0.15, 0.2) is 0 Å². The summed E-state index contributed by atoms with van der Waals surface area (Å²) >= 11 is 0. The minimum absolute atomic E-state index is 0.00266. The predicted molar refractivity (Wildman–Crippen MR) is 58.2 cm³/mol. The Morgan fingerprint density at radius 1 is 0.824 bits per heavy atom. The summed E-state index contributed by atoms with van der Waals surface area (Å²) in [5.41, 5.74) is 0. The number of fused-ring (bicyclic) bond motifs is 1. The van der Waals surface area contributed by atoms with Crippen LogP contribution in [0, 0.1) is 0 Å². The fraction of sp³-hybridized carbons (Fsp3) is 1.00. The van der Waals surface area contributed by atoms with Gasteiger partial charge in [-0.3, -0.25) is 0 Å². The van der Waals surface area contributed by atoms with E-state index in [0.717, 1.165) is 6.42 Å². The van der Waals surface area contributed by atoms with Crippen molar-refractivity contribution in [2.75, 3.05) is 6.61 Å². The molecule has 4 atom stereocenters. The first-order chi connectivity index (χ1) is 7.85. The molecule has 0 aromatic heterocycles. The van der Waals surface area contributed by atoms with Crippen LogP contribution in [0.1, 0.15) is 34.1 Å². The predicted octanol–water partition coefficient (Wildman–Crippen LogP) is 1.40. The van der Waals surface area contributed by atoms with E-state index in [9.17, 15) is 0 Å².